The number of piperazine rings is 1. The molecule has 3 rings (SSSR count). The second kappa shape index (κ2) is 9.88. The van der Waals surface area contributed by atoms with Crippen LogP contribution in [0.25, 0.3) is 17.0 Å². The Labute approximate surface area is 203 Å². The minimum atomic E-state index is -0.555. The predicted molar refractivity (Wildman–Crippen MR) is 142 cm³/mol. The Morgan fingerprint density at radius 1 is 1.06 bits per heavy atom. The monoisotopic (exact) mass is 459 g/mol. The summed E-state index contributed by atoms with van der Waals surface area (Å²) in [5, 5.41) is 6.61. The summed E-state index contributed by atoms with van der Waals surface area (Å²) in [4.78, 5) is 28.7. The highest BCUT2D eigenvalue weighted by atomic mass is 16.2. The number of carbonyl (C=O) groups is 2. The van der Waals surface area contributed by atoms with Crippen LogP contribution in [-0.4, -0.2) is 22.8 Å². The third-order valence-electron chi connectivity index (χ3n) is 6.34. The van der Waals surface area contributed by atoms with Crippen LogP contribution >= 0.6 is 0 Å². The molecule has 1 saturated heterocycles. The number of allylic oxidation sites excluding steroid dienone is 5. The number of rotatable bonds is 7. The Morgan fingerprint density at radius 2 is 1.71 bits per heavy atom. The van der Waals surface area contributed by atoms with Crippen molar-refractivity contribution in [3.63, 3.8) is 0 Å². The van der Waals surface area contributed by atoms with E-state index in [9.17, 15) is 9.59 Å². The zero-order valence-corrected chi connectivity index (χ0v) is 21.5. The van der Waals surface area contributed by atoms with Crippen LogP contribution in [0.1, 0.15) is 70.9 Å². The number of hydrogen-bond acceptors (Lipinski definition) is 2. The van der Waals surface area contributed by atoms with Gasteiger partial charge in [-0.05, 0) is 70.7 Å². The van der Waals surface area contributed by atoms with Crippen LogP contribution in [0, 0.1) is 0 Å². The van der Waals surface area contributed by atoms with E-state index in [1.54, 1.807) is 6.92 Å². The van der Waals surface area contributed by atoms with Gasteiger partial charge in [0.1, 0.15) is 11.7 Å². The lowest BCUT2D eigenvalue weighted by molar-refractivity contribution is -0.130. The maximum atomic E-state index is 12.7. The Hall–Kier alpha value is -3.34. The van der Waals surface area contributed by atoms with Crippen LogP contribution in [0.15, 0.2) is 53.8 Å². The molecule has 180 valence electrons. The first kappa shape index (κ1) is 25.3. The van der Waals surface area contributed by atoms with Gasteiger partial charge in [0.15, 0.2) is 0 Å². The van der Waals surface area contributed by atoms with Gasteiger partial charge in [0.05, 0.1) is 0 Å². The van der Waals surface area contributed by atoms with Crippen molar-refractivity contribution in [3.8, 4) is 0 Å². The second-order valence-electron chi connectivity index (χ2n) is 10.2. The molecule has 1 atom stereocenters. The number of aromatic nitrogens is 1. The van der Waals surface area contributed by atoms with Gasteiger partial charge in [-0.15, -0.1) is 6.58 Å². The second-order valence-corrected chi connectivity index (χ2v) is 10.2. The number of amides is 2. The van der Waals surface area contributed by atoms with Crippen molar-refractivity contribution in [1.82, 2.24) is 15.6 Å². The largest absolute Gasteiger partial charge is 0.357 e. The van der Waals surface area contributed by atoms with E-state index >= 15 is 0 Å². The van der Waals surface area contributed by atoms with Gasteiger partial charge < -0.3 is 15.6 Å². The summed E-state index contributed by atoms with van der Waals surface area (Å²) in [6.07, 6.45) is 9.81. The van der Waals surface area contributed by atoms with Crippen LogP contribution in [-0.2, 0) is 27.8 Å². The van der Waals surface area contributed by atoms with E-state index in [0.717, 1.165) is 35.0 Å². The van der Waals surface area contributed by atoms with E-state index in [0.29, 0.717) is 0 Å². The van der Waals surface area contributed by atoms with E-state index in [1.165, 1.54) is 22.3 Å². The molecule has 0 saturated carbocycles. The van der Waals surface area contributed by atoms with Gasteiger partial charge in [-0.3, -0.25) is 9.59 Å². The van der Waals surface area contributed by atoms with Crippen LogP contribution < -0.4 is 10.6 Å². The van der Waals surface area contributed by atoms with E-state index in [1.807, 2.05) is 12.2 Å². The smallest absolute Gasteiger partial charge is 0.268 e. The molecule has 0 spiro atoms. The molecule has 1 unspecified atom stereocenters. The third-order valence-corrected chi connectivity index (χ3v) is 6.34. The molecule has 34 heavy (non-hydrogen) atoms. The Morgan fingerprint density at radius 3 is 2.32 bits per heavy atom. The summed E-state index contributed by atoms with van der Waals surface area (Å²) >= 11 is 0. The molecular formula is C29H37N3O2. The molecule has 2 heterocycles. The van der Waals surface area contributed by atoms with Crippen molar-refractivity contribution in [3.05, 3.63) is 76.2 Å². The summed E-state index contributed by atoms with van der Waals surface area (Å²) in [5.74, 6) is -0.500. The standard InChI is InChI=1S/C29H37N3O2/c1-9-29(7,8)26-22(16-24-28(34)30-19(6)27(33)32-24)25-21(14-11-18(4)5)20(12-10-17(2)3)13-15-23(25)31-26/h9-11,13,15-16,19,31H,1,12,14H2,2-8H3,(H,30,34)(H,32,33). The maximum Gasteiger partial charge on any atom is 0.268 e. The molecule has 1 aliphatic heterocycles. The fraction of sp³-hybridized carbons (Fsp3) is 0.379. The number of nitrogens with one attached hydrogen (secondary N) is 3. The average molecular weight is 460 g/mol. The summed E-state index contributed by atoms with van der Waals surface area (Å²) < 4.78 is 0. The molecule has 5 nitrogen and oxygen atoms in total. The Balaban J connectivity index is 2.36. The van der Waals surface area contributed by atoms with Gasteiger partial charge in [-0.1, -0.05) is 49.3 Å². The number of fused-ring (bicyclic) bond motifs is 1. The Bertz CT molecular complexity index is 1230. The molecule has 2 amide bonds. The van der Waals surface area contributed by atoms with Crippen LogP contribution in [0.5, 0.6) is 0 Å². The predicted octanol–water partition coefficient (Wildman–Crippen LogP) is 5.62. The molecule has 2 aromatic rings. The van der Waals surface area contributed by atoms with Crippen molar-refractivity contribution in [2.75, 3.05) is 0 Å². The normalized spacial score (nSPS) is 17.4. The molecule has 3 N–H and O–H groups in total. The summed E-state index contributed by atoms with van der Waals surface area (Å²) in [7, 11) is 0. The first-order valence-corrected chi connectivity index (χ1v) is 11.8. The molecule has 1 aromatic heterocycles. The molecule has 1 aromatic carbocycles. The fourth-order valence-corrected chi connectivity index (χ4v) is 4.11. The van der Waals surface area contributed by atoms with Gasteiger partial charge in [-0.2, -0.15) is 0 Å². The lowest BCUT2D eigenvalue weighted by Crippen LogP contribution is -2.53. The summed E-state index contributed by atoms with van der Waals surface area (Å²) in [5.41, 5.74) is 7.76. The number of aromatic amines is 1. The van der Waals surface area contributed by atoms with Crippen LogP contribution in [0.3, 0.4) is 0 Å². The van der Waals surface area contributed by atoms with Crippen LogP contribution in [0.4, 0.5) is 0 Å². The topological polar surface area (TPSA) is 74.0 Å². The molecular weight excluding hydrogens is 422 g/mol. The Kier molecular flexibility index (Phi) is 7.35. The van der Waals surface area contributed by atoms with Crippen molar-refractivity contribution >= 4 is 28.8 Å². The number of H-pyrrole nitrogens is 1. The van der Waals surface area contributed by atoms with Gasteiger partial charge in [0, 0.05) is 27.6 Å². The SMILES string of the molecule is C=CC(C)(C)c1[nH]c2ccc(CC=C(C)C)c(CC=C(C)C)c2c1C=C1NC(=O)C(C)NC1=O. The molecule has 1 fully saturated rings. The van der Waals surface area contributed by atoms with Gasteiger partial charge in [-0.25, -0.2) is 0 Å². The summed E-state index contributed by atoms with van der Waals surface area (Å²) in [6.45, 7) is 18.3. The number of benzene rings is 1. The minimum absolute atomic E-state index is 0.218. The average Bonchev–Trinajstić information content (AvgIpc) is 3.14. The van der Waals surface area contributed by atoms with Gasteiger partial charge >= 0.3 is 0 Å². The van der Waals surface area contributed by atoms with Crippen molar-refractivity contribution in [1.29, 1.82) is 0 Å². The van der Waals surface area contributed by atoms with Gasteiger partial charge in [0.25, 0.3) is 5.91 Å². The molecule has 1 aliphatic rings. The highest BCUT2D eigenvalue weighted by Gasteiger charge is 2.29. The molecule has 0 bridgehead atoms. The first-order chi connectivity index (χ1) is 15.9. The number of carbonyl (C=O) groups excluding carboxylic acids is 2. The minimum Gasteiger partial charge on any atom is -0.357 e. The lowest BCUT2D eigenvalue weighted by Gasteiger charge is -2.23. The number of hydrogen-bond donors (Lipinski definition) is 3. The van der Waals surface area contributed by atoms with E-state index < -0.39 is 6.04 Å². The lowest BCUT2D eigenvalue weighted by atomic mass is 9.85. The third kappa shape index (κ3) is 5.24. The van der Waals surface area contributed by atoms with E-state index in [4.69, 9.17) is 0 Å². The molecule has 0 aliphatic carbocycles. The highest BCUT2D eigenvalue weighted by molar-refractivity contribution is 6.09. The maximum absolute atomic E-state index is 12.7. The zero-order valence-electron chi connectivity index (χ0n) is 21.5. The highest BCUT2D eigenvalue weighted by Crippen LogP contribution is 2.37. The van der Waals surface area contributed by atoms with E-state index in [2.05, 4.69) is 88.0 Å². The molecule has 0 radical (unpaired) electrons. The van der Waals surface area contributed by atoms with Crippen LogP contribution in [0.2, 0.25) is 0 Å². The van der Waals surface area contributed by atoms with Gasteiger partial charge in [0.2, 0.25) is 5.91 Å². The fourth-order valence-electron chi connectivity index (χ4n) is 4.11. The van der Waals surface area contributed by atoms with Crippen molar-refractivity contribution in [2.24, 2.45) is 0 Å². The zero-order chi connectivity index (χ0) is 25.2. The quantitative estimate of drug-likeness (QED) is 0.371. The molecule has 5 heteroatoms. The van der Waals surface area contributed by atoms with Crippen molar-refractivity contribution < 1.29 is 9.59 Å². The van der Waals surface area contributed by atoms with E-state index in [-0.39, 0.29) is 22.9 Å². The summed E-state index contributed by atoms with van der Waals surface area (Å²) in [6, 6.07) is 3.74. The first-order valence-electron chi connectivity index (χ1n) is 11.8. The van der Waals surface area contributed by atoms with Crippen molar-refractivity contribution in [2.45, 2.75) is 72.8 Å².